The molecule has 128 valence electrons. The third-order valence-corrected chi connectivity index (χ3v) is 3.48. The van der Waals surface area contributed by atoms with Gasteiger partial charge < -0.3 is 14.8 Å². The molecule has 0 aliphatic carbocycles. The zero-order chi connectivity index (χ0) is 17.4. The van der Waals surface area contributed by atoms with Crippen LogP contribution >= 0.6 is 0 Å². The van der Waals surface area contributed by atoms with Crippen molar-refractivity contribution < 1.29 is 14.3 Å². The van der Waals surface area contributed by atoms with Crippen LogP contribution in [0, 0.1) is 5.92 Å². The second-order valence-corrected chi connectivity index (χ2v) is 5.97. The summed E-state index contributed by atoms with van der Waals surface area (Å²) < 4.78 is 11.1. The van der Waals surface area contributed by atoms with Crippen LogP contribution in [0.1, 0.15) is 37.6 Å². The Hall–Kier alpha value is -2.49. The third-order valence-electron chi connectivity index (χ3n) is 3.48. The molecule has 0 aliphatic heterocycles. The number of carbonyl (C=O) groups excluding carboxylic acids is 1. The molecule has 4 heteroatoms. The van der Waals surface area contributed by atoms with Gasteiger partial charge in [0.05, 0.1) is 13.2 Å². The Bertz CT molecular complexity index is 650. The minimum Gasteiger partial charge on any atom is -0.494 e. The molecule has 0 atom stereocenters. The van der Waals surface area contributed by atoms with Gasteiger partial charge in [-0.25, -0.2) is 0 Å². The Kier molecular flexibility index (Phi) is 6.67. The van der Waals surface area contributed by atoms with Crippen molar-refractivity contribution >= 4 is 11.6 Å². The second kappa shape index (κ2) is 8.96. The predicted molar refractivity (Wildman–Crippen MR) is 97.0 cm³/mol. The standard InChI is InChI=1S/C20H25NO3/c1-4-23-19-7-5-6-17(14-19)21-20(22)16-8-10-18(11-9-16)24-13-12-15(2)3/h5-11,14-15H,4,12-13H2,1-3H3,(H,21,22). The number of hydrogen-bond acceptors (Lipinski definition) is 3. The van der Waals surface area contributed by atoms with E-state index < -0.39 is 0 Å². The van der Waals surface area contributed by atoms with Crippen molar-refractivity contribution in [1.29, 1.82) is 0 Å². The van der Waals surface area contributed by atoms with Crippen molar-refractivity contribution in [3.63, 3.8) is 0 Å². The average molecular weight is 327 g/mol. The minimum absolute atomic E-state index is 0.155. The molecule has 0 aliphatic rings. The molecule has 0 aromatic heterocycles. The molecule has 0 bridgehead atoms. The van der Waals surface area contributed by atoms with Gasteiger partial charge in [-0.2, -0.15) is 0 Å². The molecule has 2 aromatic rings. The van der Waals surface area contributed by atoms with Crippen LogP contribution in [-0.2, 0) is 0 Å². The average Bonchev–Trinajstić information content (AvgIpc) is 2.56. The maximum absolute atomic E-state index is 12.3. The summed E-state index contributed by atoms with van der Waals surface area (Å²) in [4.78, 5) is 12.3. The third kappa shape index (κ3) is 5.61. The minimum atomic E-state index is -0.155. The number of amides is 1. The molecule has 1 amide bonds. The fourth-order valence-electron chi connectivity index (χ4n) is 2.15. The van der Waals surface area contributed by atoms with E-state index >= 15 is 0 Å². The first kappa shape index (κ1) is 17.9. The Morgan fingerprint density at radius 3 is 2.46 bits per heavy atom. The lowest BCUT2D eigenvalue weighted by molar-refractivity contribution is 0.102. The lowest BCUT2D eigenvalue weighted by Gasteiger charge is -2.10. The number of rotatable bonds is 8. The van der Waals surface area contributed by atoms with Crippen LogP contribution < -0.4 is 14.8 Å². The Balaban J connectivity index is 1.93. The zero-order valence-electron chi connectivity index (χ0n) is 14.5. The number of nitrogens with one attached hydrogen (secondary N) is 1. The summed E-state index contributed by atoms with van der Waals surface area (Å²) in [7, 11) is 0. The molecule has 4 nitrogen and oxygen atoms in total. The number of anilines is 1. The maximum Gasteiger partial charge on any atom is 0.255 e. The molecular weight excluding hydrogens is 302 g/mol. The van der Waals surface area contributed by atoms with Crippen molar-refractivity contribution in [2.24, 2.45) is 5.92 Å². The summed E-state index contributed by atoms with van der Waals surface area (Å²) in [6.45, 7) is 7.54. The Labute approximate surface area is 143 Å². The highest BCUT2D eigenvalue weighted by molar-refractivity contribution is 6.04. The molecular formula is C20H25NO3. The Morgan fingerprint density at radius 2 is 1.79 bits per heavy atom. The number of carbonyl (C=O) groups is 1. The smallest absolute Gasteiger partial charge is 0.255 e. The van der Waals surface area contributed by atoms with Crippen LogP contribution in [0.25, 0.3) is 0 Å². The highest BCUT2D eigenvalue weighted by atomic mass is 16.5. The predicted octanol–water partition coefficient (Wildman–Crippen LogP) is 4.76. The van der Waals surface area contributed by atoms with Crippen LogP contribution in [0.3, 0.4) is 0 Å². The molecule has 2 rings (SSSR count). The number of benzene rings is 2. The van der Waals surface area contributed by atoms with E-state index in [2.05, 4.69) is 19.2 Å². The quantitative estimate of drug-likeness (QED) is 0.760. The van der Waals surface area contributed by atoms with E-state index in [1.807, 2.05) is 43.3 Å². The lowest BCUT2D eigenvalue weighted by Crippen LogP contribution is -2.12. The summed E-state index contributed by atoms with van der Waals surface area (Å²) in [6, 6.07) is 14.6. The van der Waals surface area contributed by atoms with E-state index in [1.165, 1.54) is 0 Å². The number of ether oxygens (including phenoxy) is 2. The van der Waals surface area contributed by atoms with Crippen molar-refractivity contribution in [2.75, 3.05) is 18.5 Å². The summed E-state index contributed by atoms with van der Waals surface area (Å²) >= 11 is 0. The first-order valence-corrected chi connectivity index (χ1v) is 8.35. The van der Waals surface area contributed by atoms with E-state index in [0.29, 0.717) is 30.4 Å². The molecule has 0 saturated carbocycles. The van der Waals surface area contributed by atoms with Gasteiger partial charge in [-0.3, -0.25) is 4.79 Å². The molecule has 0 heterocycles. The van der Waals surface area contributed by atoms with Gasteiger partial charge in [0, 0.05) is 17.3 Å². The zero-order valence-corrected chi connectivity index (χ0v) is 14.5. The van der Waals surface area contributed by atoms with Crippen molar-refractivity contribution in [3.05, 3.63) is 54.1 Å². The summed E-state index contributed by atoms with van der Waals surface area (Å²) in [5.74, 6) is 1.98. The fourth-order valence-corrected chi connectivity index (χ4v) is 2.15. The molecule has 0 radical (unpaired) electrons. The second-order valence-electron chi connectivity index (χ2n) is 5.97. The van der Waals surface area contributed by atoms with Crippen LogP contribution in [0.4, 0.5) is 5.69 Å². The van der Waals surface area contributed by atoms with Crippen LogP contribution in [0.2, 0.25) is 0 Å². The molecule has 1 N–H and O–H groups in total. The first-order chi connectivity index (χ1) is 11.6. The summed E-state index contributed by atoms with van der Waals surface area (Å²) in [6.07, 6.45) is 1.01. The molecule has 0 unspecified atom stereocenters. The van der Waals surface area contributed by atoms with Gasteiger partial charge in [0.1, 0.15) is 11.5 Å². The van der Waals surface area contributed by atoms with E-state index in [1.54, 1.807) is 12.1 Å². The van der Waals surface area contributed by atoms with Gasteiger partial charge in [-0.05, 0) is 55.7 Å². The number of hydrogen-bond donors (Lipinski definition) is 1. The molecule has 0 fully saturated rings. The summed E-state index contributed by atoms with van der Waals surface area (Å²) in [5, 5.41) is 2.87. The van der Waals surface area contributed by atoms with Crippen LogP contribution in [0.15, 0.2) is 48.5 Å². The summed E-state index contributed by atoms with van der Waals surface area (Å²) in [5.41, 5.74) is 1.30. The maximum atomic E-state index is 12.3. The van der Waals surface area contributed by atoms with E-state index in [4.69, 9.17) is 9.47 Å². The fraction of sp³-hybridized carbons (Fsp3) is 0.350. The van der Waals surface area contributed by atoms with Gasteiger partial charge >= 0.3 is 0 Å². The van der Waals surface area contributed by atoms with Crippen molar-refractivity contribution in [2.45, 2.75) is 27.2 Å². The lowest BCUT2D eigenvalue weighted by atomic mass is 10.1. The molecule has 0 spiro atoms. The SMILES string of the molecule is CCOc1cccc(NC(=O)c2ccc(OCCC(C)C)cc2)c1. The van der Waals surface area contributed by atoms with Crippen LogP contribution in [0.5, 0.6) is 11.5 Å². The van der Waals surface area contributed by atoms with E-state index in [-0.39, 0.29) is 5.91 Å². The van der Waals surface area contributed by atoms with Gasteiger partial charge in [-0.1, -0.05) is 19.9 Å². The monoisotopic (exact) mass is 327 g/mol. The highest BCUT2D eigenvalue weighted by Gasteiger charge is 2.07. The van der Waals surface area contributed by atoms with Gasteiger partial charge in [0.15, 0.2) is 0 Å². The van der Waals surface area contributed by atoms with Crippen LogP contribution in [-0.4, -0.2) is 19.1 Å². The van der Waals surface area contributed by atoms with Gasteiger partial charge in [0.2, 0.25) is 0 Å². The van der Waals surface area contributed by atoms with Crippen molar-refractivity contribution in [1.82, 2.24) is 0 Å². The highest BCUT2D eigenvalue weighted by Crippen LogP contribution is 2.19. The van der Waals surface area contributed by atoms with Crippen molar-refractivity contribution in [3.8, 4) is 11.5 Å². The molecule has 24 heavy (non-hydrogen) atoms. The topological polar surface area (TPSA) is 47.6 Å². The largest absolute Gasteiger partial charge is 0.494 e. The Morgan fingerprint density at radius 1 is 1.04 bits per heavy atom. The van der Waals surface area contributed by atoms with E-state index in [9.17, 15) is 4.79 Å². The first-order valence-electron chi connectivity index (χ1n) is 8.35. The van der Waals surface area contributed by atoms with Gasteiger partial charge in [-0.15, -0.1) is 0 Å². The molecule has 0 saturated heterocycles. The molecule has 2 aromatic carbocycles. The normalized spacial score (nSPS) is 10.5. The van der Waals surface area contributed by atoms with Gasteiger partial charge in [0.25, 0.3) is 5.91 Å². The van der Waals surface area contributed by atoms with E-state index in [0.717, 1.165) is 17.9 Å².